The van der Waals surface area contributed by atoms with Crippen molar-refractivity contribution in [2.45, 2.75) is 32.7 Å². The number of carboxylic acids is 1. The summed E-state index contributed by atoms with van der Waals surface area (Å²) in [7, 11) is 3.18. The number of nitrogens with zero attached hydrogens (tertiary/aromatic N) is 2. The minimum atomic E-state index is -0.983. The molecule has 1 aromatic heterocycles. The number of aromatic nitrogens is 2. The summed E-state index contributed by atoms with van der Waals surface area (Å²) in [6, 6.07) is 21.3. The van der Waals surface area contributed by atoms with Crippen LogP contribution in [0.25, 0.3) is 22.2 Å². The van der Waals surface area contributed by atoms with E-state index in [-0.39, 0.29) is 18.2 Å². The minimum absolute atomic E-state index is 0.0502. The van der Waals surface area contributed by atoms with Gasteiger partial charge in [0.2, 0.25) is 5.95 Å². The number of rotatable bonds is 12. The fraction of sp³-hybridized carbons (Fsp3) is 0.300. The molecule has 0 aliphatic heterocycles. The molecular formula is C30H33N3O5. The van der Waals surface area contributed by atoms with Crippen LogP contribution in [0, 0.1) is 5.92 Å². The molecule has 0 aliphatic rings. The Morgan fingerprint density at radius 1 is 0.974 bits per heavy atom. The number of methoxy groups -OCH3 is 2. The molecule has 4 aromatic rings. The molecule has 1 heterocycles. The van der Waals surface area contributed by atoms with Gasteiger partial charge in [0.1, 0.15) is 11.3 Å². The lowest BCUT2D eigenvalue weighted by Crippen LogP contribution is -2.19. The van der Waals surface area contributed by atoms with E-state index in [1.807, 2.05) is 54.6 Å². The highest BCUT2D eigenvalue weighted by Gasteiger charge is 2.22. The van der Waals surface area contributed by atoms with Gasteiger partial charge in [0.05, 0.1) is 18.5 Å². The molecule has 0 saturated heterocycles. The van der Waals surface area contributed by atoms with Gasteiger partial charge in [-0.3, -0.25) is 9.59 Å². The third-order valence-corrected chi connectivity index (χ3v) is 6.54. The van der Waals surface area contributed by atoms with Gasteiger partial charge in [0.25, 0.3) is 0 Å². The molecule has 8 heteroatoms. The number of hydrogen-bond donors (Lipinski definition) is 2. The van der Waals surface area contributed by atoms with Gasteiger partial charge in [0.15, 0.2) is 5.78 Å². The van der Waals surface area contributed by atoms with Crippen molar-refractivity contribution in [2.75, 3.05) is 26.1 Å². The largest absolute Gasteiger partial charge is 0.494 e. The van der Waals surface area contributed by atoms with Crippen LogP contribution >= 0.6 is 0 Å². The van der Waals surface area contributed by atoms with E-state index in [4.69, 9.17) is 14.5 Å². The average molecular weight is 516 g/mol. The predicted octanol–water partition coefficient (Wildman–Crippen LogP) is 6.35. The predicted molar refractivity (Wildman–Crippen MR) is 148 cm³/mol. The van der Waals surface area contributed by atoms with E-state index in [9.17, 15) is 14.7 Å². The van der Waals surface area contributed by atoms with Crippen molar-refractivity contribution in [3.05, 3.63) is 72.3 Å². The summed E-state index contributed by atoms with van der Waals surface area (Å²) in [6.07, 6.45) is 0.252. The molecule has 1 unspecified atom stereocenters. The number of ketones is 1. The van der Waals surface area contributed by atoms with E-state index in [1.165, 1.54) is 7.11 Å². The number of Topliss-reactive ketones (excluding diaryl/α,β-unsaturated/α-hetero) is 1. The first-order valence-electron chi connectivity index (χ1n) is 12.6. The summed E-state index contributed by atoms with van der Waals surface area (Å²) in [4.78, 5) is 28.9. The van der Waals surface area contributed by atoms with Crippen LogP contribution in [0.5, 0.6) is 5.75 Å². The van der Waals surface area contributed by atoms with E-state index < -0.39 is 11.9 Å². The van der Waals surface area contributed by atoms with E-state index in [0.717, 1.165) is 39.5 Å². The van der Waals surface area contributed by atoms with Crippen LogP contribution < -0.4 is 10.1 Å². The Bertz CT molecular complexity index is 1410. The third-order valence-electron chi connectivity index (χ3n) is 6.54. The molecule has 2 N–H and O–H groups in total. The first-order valence-corrected chi connectivity index (χ1v) is 12.6. The van der Waals surface area contributed by atoms with Crippen molar-refractivity contribution in [1.29, 1.82) is 0 Å². The van der Waals surface area contributed by atoms with Crippen molar-refractivity contribution in [3.8, 4) is 16.9 Å². The molecule has 3 aromatic carbocycles. The number of carbonyl (C=O) groups is 2. The first-order chi connectivity index (χ1) is 18.3. The van der Waals surface area contributed by atoms with Crippen molar-refractivity contribution >= 4 is 34.4 Å². The number of imidazole rings is 1. The summed E-state index contributed by atoms with van der Waals surface area (Å²) in [5.41, 5.74) is 5.16. The Morgan fingerprint density at radius 2 is 1.63 bits per heavy atom. The van der Waals surface area contributed by atoms with Crippen LogP contribution in [0.4, 0.5) is 11.6 Å². The zero-order valence-electron chi connectivity index (χ0n) is 22.1. The molecule has 0 spiro atoms. The van der Waals surface area contributed by atoms with E-state index >= 15 is 0 Å². The molecule has 0 radical (unpaired) electrons. The van der Waals surface area contributed by atoms with Gasteiger partial charge in [0, 0.05) is 37.4 Å². The van der Waals surface area contributed by atoms with Crippen LogP contribution in [0.15, 0.2) is 66.7 Å². The van der Waals surface area contributed by atoms with Gasteiger partial charge < -0.3 is 24.5 Å². The molecule has 8 nitrogen and oxygen atoms in total. The van der Waals surface area contributed by atoms with Crippen molar-refractivity contribution in [1.82, 2.24) is 9.55 Å². The van der Waals surface area contributed by atoms with Crippen molar-refractivity contribution in [3.63, 3.8) is 0 Å². The highest BCUT2D eigenvalue weighted by molar-refractivity contribution is 5.98. The fourth-order valence-electron chi connectivity index (χ4n) is 4.51. The molecule has 198 valence electrons. The summed E-state index contributed by atoms with van der Waals surface area (Å²) >= 11 is 0. The van der Waals surface area contributed by atoms with E-state index in [1.54, 1.807) is 19.2 Å². The molecule has 0 bridgehead atoms. The number of hydrogen-bond acceptors (Lipinski definition) is 6. The maximum Gasteiger partial charge on any atom is 0.307 e. The van der Waals surface area contributed by atoms with Gasteiger partial charge in [-0.05, 0) is 55.7 Å². The second kappa shape index (κ2) is 11.9. The monoisotopic (exact) mass is 515 g/mol. The van der Waals surface area contributed by atoms with Crippen LogP contribution in [-0.4, -0.2) is 47.2 Å². The van der Waals surface area contributed by atoms with Gasteiger partial charge >= 0.3 is 5.97 Å². The SMILES string of the molecule is COCCC(CC(=O)c1ccc(-c2ccc(Nc3nc4cccc(OC)c4n3C(C)C)cc2)cc1)C(=O)O. The molecule has 0 amide bonds. The Hall–Kier alpha value is -4.17. The summed E-state index contributed by atoms with van der Waals surface area (Å²) < 4.78 is 12.7. The maximum absolute atomic E-state index is 12.6. The Balaban J connectivity index is 1.49. The van der Waals surface area contributed by atoms with Gasteiger partial charge in [-0.1, -0.05) is 42.5 Å². The molecule has 38 heavy (non-hydrogen) atoms. The summed E-state index contributed by atoms with van der Waals surface area (Å²) in [5.74, 6) is -0.414. The minimum Gasteiger partial charge on any atom is -0.494 e. The summed E-state index contributed by atoms with van der Waals surface area (Å²) in [6.45, 7) is 4.52. The fourth-order valence-corrected chi connectivity index (χ4v) is 4.51. The number of carboxylic acid groups (broad SMARTS) is 1. The van der Waals surface area contributed by atoms with Crippen molar-refractivity contribution in [2.24, 2.45) is 5.92 Å². The van der Waals surface area contributed by atoms with E-state index in [0.29, 0.717) is 18.6 Å². The topological polar surface area (TPSA) is 103 Å². The Labute approximate surface area is 222 Å². The zero-order valence-corrected chi connectivity index (χ0v) is 22.1. The quantitative estimate of drug-likeness (QED) is 0.212. The standard InChI is InChI=1S/C30H33N3O5/c1-19(2)33-28-25(6-5-7-27(28)38-4)32-30(33)31-24-14-12-21(13-15-24)20-8-10-22(11-9-20)26(34)18-23(29(35)36)16-17-37-3/h5-15,19,23H,16-18H2,1-4H3,(H,31,32)(H,35,36). The third kappa shape index (κ3) is 5.86. The number of benzene rings is 3. The summed E-state index contributed by atoms with van der Waals surface area (Å²) in [5, 5.41) is 12.8. The maximum atomic E-state index is 12.6. The smallest absolute Gasteiger partial charge is 0.307 e. The normalized spacial score (nSPS) is 12.0. The van der Waals surface area contributed by atoms with Crippen LogP contribution in [0.2, 0.25) is 0 Å². The molecule has 1 atom stereocenters. The molecule has 4 rings (SSSR count). The number of para-hydroxylation sites is 1. The molecule has 0 fully saturated rings. The molecule has 0 saturated carbocycles. The van der Waals surface area contributed by atoms with Crippen LogP contribution in [0.1, 0.15) is 43.1 Å². The molecule has 0 aliphatic carbocycles. The average Bonchev–Trinajstić information content (AvgIpc) is 3.29. The van der Waals surface area contributed by atoms with Crippen LogP contribution in [-0.2, 0) is 9.53 Å². The molecular weight excluding hydrogens is 482 g/mol. The lowest BCUT2D eigenvalue weighted by Gasteiger charge is -2.15. The Morgan fingerprint density at radius 3 is 2.21 bits per heavy atom. The second-order valence-corrected chi connectivity index (χ2v) is 9.45. The number of fused-ring (bicyclic) bond motifs is 1. The lowest BCUT2D eigenvalue weighted by molar-refractivity contribution is -0.142. The number of aliphatic carboxylic acids is 1. The highest BCUT2D eigenvalue weighted by atomic mass is 16.5. The van der Waals surface area contributed by atoms with Gasteiger partial charge in [-0.2, -0.15) is 0 Å². The number of ether oxygens (including phenoxy) is 2. The highest BCUT2D eigenvalue weighted by Crippen LogP contribution is 2.33. The second-order valence-electron chi connectivity index (χ2n) is 9.45. The van der Waals surface area contributed by atoms with Crippen LogP contribution in [0.3, 0.4) is 0 Å². The number of carbonyl (C=O) groups excluding carboxylic acids is 1. The Kier molecular flexibility index (Phi) is 8.43. The first kappa shape index (κ1) is 26.9. The van der Waals surface area contributed by atoms with Gasteiger partial charge in [-0.15, -0.1) is 0 Å². The van der Waals surface area contributed by atoms with E-state index in [2.05, 4.69) is 23.7 Å². The number of nitrogens with one attached hydrogen (secondary N) is 1. The lowest BCUT2D eigenvalue weighted by atomic mass is 9.94. The number of anilines is 2. The van der Waals surface area contributed by atoms with Gasteiger partial charge in [-0.25, -0.2) is 4.98 Å². The van der Waals surface area contributed by atoms with Crippen molar-refractivity contribution < 1.29 is 24.2 Å². The zero-order chi connectivity index (χ0) is 27.2.